The van der Waals surface area contributed by atoms with Crippen LogP contribution in [0.4, 0.5) is 0 Å². The highest BCUT2D eigenvalue weighted by Gasteiger charge is 2.13. The van der Waals surface area contributed by atoms with E-state index < -0.39 is 0 Å². The standard InChI is InChI=1S/C13H20N2/c14-9-11-5-7-12(8-6-11)10-15-13-3-1-2-4-13/h5-8,13,15H,1-4,9-10,14H2. The van der Waals surface area contributed by atoms with Gasteiger partial charge < -0.3 is 11.1 Å². The van der Waals surface area contributed by atoms with Crippen LogP contribution in [0.1, 0.15) is 36.8 Å². The molecule has 3 N–H and O–H groups in total. The van der Waals surface area contributed by atoms with Crippen molar-refractivity contribution in [2.75, 3.05) is 0 Å². The maximum absolute atomic E-state index is 5.56. The molecule has 0 spiro atoms. The summed E-state index contributed by atoms with van der Waals surface area (Å²) in [4.78, 5) is 0. The molecule has 1 aliphatic carbocycles. The van der Waals surface area contributed by atoms with E-state index in [1.54, 1.807) is 0 Å². The molecule has 2 heteroatoms. The van der Waals surface area contributed by atoms with Crippen LogP contribution >= 0.6 is 0 Å². The van der Waals surface area contributed by atoms with Crippen molar-refractivity contribution in [1.29, 1.82) is 0 Å². The summed E-state index contributed by atoms with van der Waals surface area (Å²) < 4.78 is 0. The molecule has 1 fully saturated rings. The Morgan fingerprint density at radius 2 is 1.67 bits per heavy atom. The molecular formula is C13H20N2. The van der Waals surface area contributed by atoms with Gasteiger partial charge in [-0.05, 0) is 24.0 Å². The fourth-order valence-corrected chi connectivity index (χ4v) is 2.19. The number of hydrogen-bond acceptors (Lipinski definition) is 2. The summed E-state index contributed by atoms with van der Waals surface area (Å²) in [7, 11) is 0. The van der Waals surface area contributed by atoms with Gasteiger partial charge in [-0.1, -0.05) is 37.1 Å². The van der Waals surface area contributed by atoms with E-state index in [2.05, 4.69) is 29.6 Å². The second-order valence-corrected chi connectivity index (χ2v) is 4.38. The summed E-state index contributed by atoms with van der Waals surface area (Å²) in [6, 6.07) is 9.32. The molecule has 0 aliphatic heterocycles. The van der Waals surface area contributed by atoms with Crippen LogP contribution in [-0.2, 0) is 13.1 Å². The number of nitrogens with one attached hydrogen (secondary N) is 1. The lowest BCUT2D eigenvalue weighted by Gasteiger charge is -2.11. The van der Waals surface area contributed by atoms with Crippen LogP contribution in [0.25, 0.3) is 0 Å². The Hall–Kier alpha value is -0.860. The molecule has 1 aromatic carbocycles. The summed E-state index contributed by atoms with van der Waals surface area (Å²) in [5, 5.41) is 3.60. The van der Waals surface area contributed by atoms with Crippen LogP contribution in [0.2, 0.25) is 0 Å². The minimum atomic E-state index is 0.635. The third kappa shape index (κ3) is 3.05. The molecule has 0 bridgehead atoms. The first-order valence-corrected chi connectivity index (χ1v) is 5.90. The van der Waals surface area contributed by atoms with Gasteiger partial charge in [-0.3, -0.25) is 0 Å². The lowest BCUT2D eigenvalue weighted by molar-refractivity contribution is 0.524. The fraction of sp³-hybridized carbons (Fsp3) is 0.538. The Labute approximate surface area is 91.9 Å². The fourth-order valence-electron chi connectivity index (χ4n) is 2.19. The predicted octanol–water partition coefficient (Wildman–Crippen LogP) is 2.18. The zero-order valence-electron chi connectivity index (χ0n) is 9.21. The van der Waals surface area contributed by atoms with Gasteiger partial charge >= 0.3 is 0 Å². The molecule has 2 nitrogen and oxygen atoms in total. The second-order valence-electron chi connectivity index (χ2n) is 4.38. The van der Waals surface area contributed by atoms with Gasteiger partial charge in [0.15, 0.2) is 0 Å². The minimum Gasteiger partial charge on any atom is -0.326 e. The molecule has 15 heavy (non-hydrogen) atoms. The van der Waals surface area contributed by atoms with Crippen molar-refractivity contribution in [3.63, 3.8) is 0 Å². The summed E-state index contributed by atoms with van der Waals surface area (Å²) >= 11 is 0. The molecule has 0 heterocycles. The molecular weight excluding hydrogens is 184 g/mol. The molecule has 1 saturated carbocycles. The van der Waals surface area contributed by atoms with E-state index in [-0.39, 0.29) is 0 Å². The van der Waals surface area contributed by atoms with Gasteiger partial charge in [0.25, 0.3) is 0 Å². The van der Waals surface area contributed by atoms with Crippen LogP contribution in [-0.4, -0.2) is 6.04 Å². The Kier molecular flexibility index (Phi) is 3.75. The van der Waals surface area contributed by atoms with Crippen molar-refractivity contribution in [3.05, 3.63) is 35.4 Å². The van der Waals surface area contributed by atoms with Crippen LogP contribution in [0.15, 0.2) is 24.3 Å². The topological polar surface area (TPSA) is 38.0 Å². The second kappa shape index (κ2) is 5.29. The van der Waals surface area contributed by atoms with Crippen LogP contribution in [0, 0.1) is 0 Å². The van der Waals surface area contributed by atoms with Crippen molar-refractivity contribution in [2.24, 2.45) is 5.73 Å². The molecule has 0 saturated heterocycles. The Morgan fingerprint density at radius 3 is 2.27 bits per heavy atom. The zero-order chi connectivity index (χ0) is 10.5. The molecule has 0 radical (unpaired) electrons. The monoisotopic (exact) mass is 204 g/mol. The number of rotatable bonds is 4. The number of hydrogen-bond donors (Lipinski definition) is 2. The normalized spacial score (nSPS) is 17.1. The molecule has 82 valence electrons. The SMILES string of the molecule is NCc1ccc(CNC2CCCC2)cc1. The molecule has 1 aromatic rings. The van der Waals surface area contributed by atoms with Gasteiger partial charge in [0.05, 0.1) is 0 Å². The Bertz CT molecular complexity index is 286. The van der Waals surface area contributed by atoms with E-state index in [4.69, 9.17) is 5.73 Å². The van der Waals surface area contributed by atoms with Gasteiger partial charge in [0.1, 0.15) is 0 Å². The highest BCUT2D eigenvalue weighted by Crippen LogP contribution is 2.18. The molecule has 0 unspecified atom stereocenters. The first kappa shape index (κ1) is 10.7. The first-order chi connectivity index (χ1) is 7.38. The van der Waals surface area contributed by atoms with Crippen molar-refractivity contribution in [1.82, 2.24) is 5.32 Å². The Morgan fingerprint density at radius 1 is 1.07 bits per heavy atom. The lowest BCUT2D eigenvalue weighted by Crippen LogP contribution is -2.25. The van der Waals surface area contributed by atoms with Crippen LogP contribution in [0.5, 0.6) is 0 Å². The number of benzene rings is 1. The third-order valence-corrected chi connectivity index (χ3v) is 3.21. The van der Waals surface area contributed by atoms with Crippen molar-refractivity contribution >= 4 is 0 Å². The van der Waals surface area contributed by atoms with Crippen molar-refractivity contribution in [3.8, 4) is 0 Å². The summed E-state index contributed by atoms with van der Waals surface area (Å²) in [5.41, 5.74) is 8.13. The lowest BCUT2D eigenvalue weighted by atomic mass is 10.1. The molecule has 0 atom stereocenters. The van der Waals surface area contributed by atoms with Crippen molar-refractivity contribution in [2.45, 2.75) is 44.8 Å². The van der Waals surface area contributed by atoms with Crippen LogP contribution < -0.4 is 11.1 Å². The van der Waals surface area contributed by atoms with Gasteiger partial charge in [-0.15, -0.1) is 0 Å². The summed E-state index contributed by atoms with van der Waals surface area (Å²) in [6.45, 7) is 1.63. The van der Waals surface area contributed by atoms with Gasteiger partial charge in [-0.25, -0.2) is 0 Å². The maximum Gasteiger partial charge on any atom is 0.0208 e. The predicted molar refractivity (Wildman–Crippen MR) is 63.4 cm³/mol. The third-order valence-electron chi connectivity index (χ3n) is 3.21. The summed E-state index contributed by atoms with van der Waals surface area (Å²) in [5.74, 6) is 0. The average molecular weight is 204 g/mol. The largest absolute Gasteiger partial charge is 0.326 e. The van der Waals surface area contributed by atoms with Gasteiger partial charge in [0.2, 0.25) is 0 Å². The summed E-state index contributed by atoms with van der Waals surface area (Å²) in [6.07, 6.45) is 5.48. The van der Waals surface area contributed by atoms with E-state index in [1.807, 2.05) is 0 Å². The first-order valence-electron chi connectivity index (χ1n) is 5.90. The molecule has 2 rings (SSSR count). The average Bonchev–Trinajstić information content (AvgIpc) is 2.80. The maximum atomic E-state index is 5.56. The van der Waals surface area contributed by atoms with Gasteiger partial charge in [0, 0.05) is 19.1 Å². The highest BCUT2D eigenvalue weighted by molar-refractivity contribution is 5.22. The van der Waals surface area contributed by atoms with E-state index in [1.165, 1.54) is 36.8 Å². The van der Waals surface area contributed by atoms with E-state index in [0.717, 1.165) is 12.6 Å². The molecule has 0 amide bonds. The minimum absolute atomic E-state index is 0.635. The van der Waals surface area contributed by atoms with Crippen LogP contribution in [0.3, 0.4) is 0 Å². The van der Waals surface area contributed by atoms with E-state index >= 15 is 0 Å². The molecule has 0 aromatic heterocycles. The quantitative estimate of drug-likeness (QED) is 0.789. The van der Waals surface area contributed by atoms with E-state index in [0.29, 0.717) is 6.54 Å². The highest BCUT2D eigenvalue weighted by atomic mass is 14.9. The van der Waals surface area contributed by atoms with Gasteiger partial charge in [-0.2, -0.15) is 0 Å². The molecule has 1 aliphatic rings. The number of nitrogens with two attached hydrogens (primary N) is 1. The zero-order valence-corrected chi connectivity index (χ0v) is 9.21. The van der Waals surface area contributed by atoms with E-state index in [9.17, 15) is 0 Å². The van der Waals surface area contributed by atoms with Crippen molar-refractivity contribution < 1.29 is 0 Å². The smallest absolute Gasteiger partial charge is 0.0208 e. The Balaban J connectivity index is 1.82.